The average molecular weight is 306 g/mol. The maximum Gasteiger partial charge on any atom is 0.284 e. The molecule has 0 saturated carbocycles. The van der Waals surface area contributed by atoms with Crippen LogP contribution in [0.5, 0.6) is 0 Å². The standard InChI is InChI=1S/C18H14N2O3/c1-12(21)15-16(19-13-8-4-2-5-9-13)18(23)20(17(15)22)14-10-6-3-7-11-14/h2-11,21H,1H3/b15-12+,19-16?. The number of amides is 2. The fourth-order valence-corrected chi connectivity index (χ4v) is 2.39. The number of anilines is 1. The highest BCUT2D eigenvalue weighted by Gasteiger charge is 2.42. The van der Waals surface area contributed by atoms with Gasteiger partial charge in [0.1, 0.15) is 17.0 Å². The fourth-order valence-electron chi connectivity index (χ4n) is 2.39. The Kier molecular flexibility index (Phi) is 3.76. The lowest BCUT2D eigenvalue weighted by atomic mass is 10.1. The van der Waals surface area contributed by atoms with Crippen LogP contribution in [0, 0.1) is 0 Å². The van der Waals surface area contributed by atoms with Gasteiger partial charge in [0.25, 0.3) is 11.8 Å². The van der Waals surface area contributed by atoms with E-state index in [2.05, 4.69) is 4.99 Å². The number of nitrogens with zero attached hydrogens (tertiary/aromatic N) is 2. The topological polar surface area (TPSA) is 70.0 Å². The van der Waals surface area contributed by atoms with Crippen LogP contribution < -0.4 is 4.90 Å². The SMILES string of the molecule is C/C(O)=C1\C(=O)N(c2ccccc2)C(=O)C1=Nc1ccccc1. The van der Waals surface area contributed by atoms with Crippen LogP contribution >= 0.6 is 0 Å². The minimum Gasteiger partial charge on any atom is -0.512 e. The quantitative estimate of drug-likeness (QED) is 0.526. The summed E-state index contributed by atoms with van der Waals surface area (Å²) in [4.78, 5) is 30.5. The summed E-state index contributed by atoms with van der Waals surface area (Å²) in [6.45, 7) is 1.37. The third-order valence-electron chi connectivity index (χ3n) is 3.43. The van der Waals surface area contributed by atoms with Gasteiger partial charge in [-0.1, -0.05) is 36.4 Å². The molecule has 0 spiro atoms. The number of carbonyl (C=O) groups is 2. The highest BCUT2D eigenvalue weighted by Crippen LogP contribution is 2.27. The lowest BCUT2D eigenvalue weighted by Gasteiger charge is -2.12. The third-order valence-corrected chi connectivity index (χ3v) is 3.43. The normalized spacial score (nSPS) is 18.7. The number of carbonyl (C=O) groups excluding carboxylic acids is 2. The van der Waals surface area contributed by atoms with Crippen LogP contribution in [-0.2, 0) is 9.59 Å². The van der Waals surface area contributed by atoms with Crippen molar-refractivity contribution in [2.45, 2.75) is 6.92 Å². The van der Waals surface area contributed by atoms with Crippen LogP contribution in [-0.4, -0.2) is 22.6 Å². The zero-order valence-electron chi connectivity index (χ0n) is 12.4. The van der Waals surface area contributed by atoms with Crippen LogP contribution in [0.25, 0.3) is 0 Å². The first-order chi connectivity index (χ1) is 11.1. The second-order valence-corrected chi connectivity index (χ2v) is 5.04. The summed E-state index contributed by atoms with van der Waals surface area (Å²) in [7, 11) is 0. The molecule has 0 unspecified atom stereocenters. The molecule has 2 aromatic rings. The predicted octanol–water partition coefficient (Wildman–Crippen LogP) is 3.16. The van der Waals surface area contributed by atoms with E-state index in [1.54, 1.807) is 54.6 Å². The number of para-hydroxylation sites is 2. The molecule has 1 N–H and O–H groups in total. The number of allylic oxidation sites excluding steroid dienone is 1. The van der Waals surface area contributed by atoms with Crippen molar-refractivity contribution < 1.29 is 14.7 Å². The number of rotatable bonds is 2. The molecule has 1 heterocycles. The summed E-state index contributed by atoms with van der Waals surface area (Å²) >= 11 is 0. The Balaban J connectivity index is 2.13. The molecule has 1 saturated heterocycles. The molecule has 1 aliphatic rings. The summed E-state index contributed by atoms with van der Waals surface area (Å²) in [5.41, 5.74) is 0.865. The maximum absolute atomic E-state index is 12.7. The van der Waals surface area contributed by atoms with Crippen molar-refractivity contribution >= 4 is 28.9 Å². The molecule has 2 amide bonds. The Hall–Kier alpha value is -3.21. The van der Waals surface area contributed by atoms with E-state index in [4.69, 9.17) is 0 Å². The highest BCUT2D eigenvalue weighted by atomic mass is 16.3. The van der Waals surface area contributed by atoms with Gasteiger partial charge < -0.3 is 5.11 Å². The molecule has 0 atom stereocenters. The number of aliphatic hydroxyl groups excluding tert-OH is 1. The molecule has 0 aliphatic carbocycles. The molecular formula is C18H14N2O3. The van der Waals surface area contributed by atoms with E-state index in [1.165, 1.54) is 6.92 Å². The van der Waals surface area contributed by atoms with E-state index in [0.717, 1.165) is 4.90 Å². The molecule has 0 bridgehead atoms. The second-order valence-electron chi connectivity index (χ2n) is 5.04. The van der Waals surface area contributed by atoms with Gasteiger partial charge in [0.2, 0.25) is 0 Å². The molecule has 0 radical (unpaired) electrons. The van der Waals surface area contributed by atoms with Crippen molar-refractivity contribution in [2.24, 2.45) is 4.99 Å². The van der Waals surface area contributed by atoms with Gasteiger partial charge in [-0.2, -0.15) is 0 Å². The van der Waals surface area contributed by atoms with Crippen LogP contribution in [0.3, 0.4) is 0 Å². The first-order valence-corrected chi connectivity index (χ1v) is 7.07. The van der Waals surface area contributed by atoms with Gasteiger partial charge in [0.05, 0.1) is 11.4 Å². The Morgan fingerprint density at radius 2 is 1.48 bits per heavy atom. The van der Waals surface area contributed by atoms with Gasteiger partial charge in [0.15, 0.2) is 0 Å². The largest absolute Gasteiger partial charge is 0.512 e. The van der Waals surface area contributed by atoms with Gasteiger partial charge in [-0.15, -0.1) is 0 Å². The number of imide groups is 1. The van der Waals surface area contributed by atoms with E-state index >= 15 is 0 Å². The maximum atomic E-state index is 12.7. The summed E-state index contributed by atoms with van der Waals surface area (Å²) in [6.07, 6.45) is 0. The molecule has 2 aromatic carbocycles. The second kappa shape index (κ2) is 5.88. The van der Waals surface area contributed by atoms with Gasteiger partial charge >= 0.3 is 0 Å². The molecular weight excluding hydrogens is 292 g/mol. The van der Waals surface area contributed by atoms with Crippen molar-refractivity contribution in [3.8, 4) is 0 Å². The summed E-state index contributed by atoms with van der Waals surface area (Å²) in [5, 5.41) is 9.85. The van der Waals surface area contributed by atoms with Crippen molar-refractivity contribution in [1.82, 2.24) is 0 Å². The fraction of sp³-hybridized carbons (Fsp3) is 0.0556. The Labute approximate surface area is 133 Å². The molecule has 3 rings (SSSR count). The zero-order chi connectivity index (χ0) is 16.4. The highest BCUT2D eigenvalue weighted by molar-refractivity contribution is 6.65. The first kappa shape index (κ1) is 14.7. The zero-order valence-corrected chi connectivity index (χ0v) is 12.4. The number of benzene rings is 2. The first-order valence-electron chi connectivity index (χ1n) is 7.07. The van der Waals surface area contributed by atoms with Gasteiger partial charge in [-0.3, -0.25) is 9.59 Å². The summed E-state index contributed by atoms with van der Waals surface area (Å²) in [5.74, 6) is -1.35. The lowest BCUT2D eigenvalue weighted by molar-refractivity contribution is -0.119. The minimum absolute atomic E-state index is 0.0509. The molecule has 1 aliphatic heterocycles. The Morgan fingerprint density at radius 3 is 2.04 bits per heavy atom. The smallest absolute Gasteiger partial charge is 0.284 e. The molecule has 1 fully saturated rings. The van der Waals surface area contributed by atoms with Crippen LogP contribution in [0.15, 0.2) is 77.0 Å². The number of aliphatic imine (C=N–C) groups is 1. The minimum atomic E-state index is -0.573. The molecule has 0 aromatic heterocycles. The van der Waals surface area contributed by atoms with Crippen LogP contribution in [0.4, 0.5) is 11.4 Å². The molecule has 5 heteroatoms. The van der Waals surface area contributed by atoms with Gasteiger partial charge in [-0.25, -0.2) is 9.89 Å². The summed E-state index contributed by atoms with van der Waals surface area (Å²) in [6, 6.07) is 17.4. The number of aliphatic hydroxyl groups is 1. The van der Waals surface area contributed by atoms with Gasteiger partial charge in [0, 0.05) is 0 Å². The van der Waals surface area contributed by atoms with E-state index < -0.39 is 11.8 Å². The Morgan fingerprint density at radius 1 is 0.913 bits per heavy atom. The molecule has 5 nitrogen and oxygen atoms in total. The lowest BCUT2D eigenvalue weighted by Crippen LogP contribution is -2.30. The monoisotopic (exact) mass is 306 g/mol. The van der Waals surface area contributed by atoms with E-state index in [0.29, 0.717) is 11.4 Å². The third kappa shape index (κ3) is 2.64. The molecule has 23 heavy (non-hydrogen) atoms. The van der Waals surface area contributed by atoms with Crippen molar-refractivity contribution in [1.29, 1.82) is 0 Å². The average Bonchev–Trinajstić information content (AvgIpc) is 2.80. The van der Waals surface area contributed by atoms with Gasteiger partial charge in [-0.05, 0) is 31.2 Å². The predicted molar refractivity (Wildman–Crippen MR) is 87.8 cm³/mol. The number of hydrogen-bond donors (Lipinski definition) is 1. The van der Waals surface area contributed by atoms with Crippen LogP contribution in [0.1, 0.15) is 6.92 Å². The van der Waals surface area contributed by atoms with E-state index in [9.17, 15) is 14.7 Å². The van der Waals surface area contributed by atoms with E-state index in [1.807, 2.05) is 6.07 Å². The van der Waals surface area contributed by atoms with Crippen molar-refractivity contribution in [3.63, 3.8) is 0 Å². The Bertz CT molecular complexity index is 820. The van der Waals surface area contributed by atoms with E-state index in [-0.39, 0.29) is 17.0 Å². The van der Waals surface area contributed by atoms with Crippen molar-refractivity contribution in [2.75, 3.05) is 4.90 Å². The van der Waals surface area contributed by atoms with Crippen LogP contribution in [0.2, 0.25) is 0 Å². The summed E-state index contributed by atoms with van der Waals surface area (Å²) < 4.78 is 0. The number of hydrogen-bond acceptors (Lipinski definition) is 4. The van der Waals surface area contributed by atoms with Crippen molar-refractivity contribution in [3.05, 3.63) is 72.0 Å². The molecule has 114 valence electrons.